The Bertz CT molecular complexity index is 855. The van der Waals surface area contributed by atoms with Crippen LogP contribution in [0.15, 0.2) is 30.3 Å². The molecule has 1 amide bonds. The molecule has 0 spiro atoms. The number of hydrogen-bond donors (Lipinski definition) is 1. The van der Waals surface area contributed by atoms with Crippen LogP contribution in [-0.4, -0.2) is 18.5 Å². The van der Waals surface area contributed by atoms with Gasteiger partial charge in [-0.2, -0.15) is 0 Å². The minimum atomic E-state index is -0.406. The van der Waals surface area contributed by atoms with Crippen molar-refractivity contribution in [1.29, 1.82) is 0 Å². The van der Waals surface area contributed by atoms with Crippen LogP contribution in [0.25, 0.3) is 6.08 Å². The van der Waals surface area contributed by atoms with Crippen molar-refractivity contribution >= 4 is 34.3 Å². The van der Waals surface area contributed by atoms with Gasteiger partial charge in [-0.1, -0.05) is 45.0 Å². The maximum atomic E-state index is 12.3. The summed E-state index contributed by atoms with van der Waals surface area (Å²) in [4.78, 5) is 25.5. The molecule has 0 aliphatic carbocycles. The van der Waals surface area contributed by atoms with Crippen LogP contribution in [0.3, 0.4) is 0 Å². The molecule has 0 fully saturated rings. The number of esters is 1. The third kappa shape index (κ3) is 5.30. The number of rotatable bonds is 5. The Kier molecular flexibility index (Phi) is 6.60. The van der Waals surface area contributed by atoms with E-state index in [1.54, 1.807) is 13.0 Å². The van der Waals surface area contributed by atoms with Gasteiger partial charge < -0.3 is 10.1 Å². The number of carbonyl (C=O) groups excluding carboxylic acids is 2. The van der Waals surface area contributed by atoms with Crippen molar-refractivity contribution in [3.8, 4) is 0 Å². The smallest absolute Gasteiger partial charge is 0.341 e. The van der Waals surface area contributed by atoms with Crippen molar-refractivity contribution in [2.75, 3.05) is 11.9 Å². The van der Waals surface area contributed by atoms with Gasteiger partial charge in [0, 0.05) is 11.0 Å². The molecule has 0 aliphatic rings. The van der Waals surface area contributed by atoms with Crippen LogP contribution in [0.4, 0.5) is 5.00 Å². The SMILES string of the molecule is CCOC(=O)c1c(NC(=O)/C=C/c2ccc(C(C)(C)C)cc2)sc(C)c1C. The molecule has 0 radical (unpaired) electrons. The van der Waals surface area contributed by atoms with Gasteiger partial charge in [-0.25, -0.2) is 4.79 Å². The zero-order valence-corrected chi connectivity index (χ0v) is 17.6. The highest BCUT2D eigenvalue weighted by molar-refractivity contribution is 7.16. The Labute approximate surface area is 165 Å². The van der Waals surface area contributed by atoms with E-state index in [1.807, 2.05) is 26.0 Å². The Balaban J connectivity index is 2.13. The van der Waals surface area contributed by atoms with Crippen LogP contribution in [0, 0.1) is 13.8 Å². The van der Waals surface area contributed by atoms with Gasteiger partial charge in [0.15, 0.2) is 0 Å². The second-order valence-corrected chi connectivity index (χ2v) is 8.63. The molecule has 4 nitrogen and oxygen atoms in total. The standard InChI is InChI=1S/C22H27NO3S/c1-7-26-21(25)19-14(2)15(3)27-20(19)23-18(24)13-10-16-8-11-17(12-9-16)22(4,5)6/h8-13H,7H2,1-6H3,(H,23,24)/b13-10+. The van der Waals surface area contributed by atoms with Gasteiger partial charge in [0.05, 0.1) is 12.2 Å². The molecule has 1 heterocycles. The fourth-order valence-corrected chi connectivity index (χ4v) is 3.64. The summed E-state index contributed by atoms with van der Waals surface area (Å²) >= 11 is 1.38. The fourth-order valence-electron chi connectivity index (χ4n) is 2.58. The highest BCUT2D eigenvalue weighted by Crippen LogP contribution is 2.33. The molecule has 0 bridgehead atoms. The molecule has 2 rings (SSSR count). The van der Waals surface area contributed by atoms with Crippen LogP contribution in [0.1, 0.15) is 59.6 Å². The van der Waals surface area contributed by atoms with E-state index >= 15 is 0 Å². The molecule has 0 aliphatic heterocycles. The predicted octanol–water partition coefficient (Wildman–Crippen LogP) is 5.49. The lowest BCUT2D eigenvalue weighted by Crippen LogP contribution is -2.12. The van der Waals surface area contributed by atoms with Gasteiger partial charge >= 0.3 is 5.97 Å². The minimum Gasteiger partial charge on any atom is -0.462 e. The van der Waals surface area contributed by atoms with Gasteiger partial charge in [0.25, 0.3) is 0 Å². The lowest BCUT2D eigenvalue weighted by atomic mass is 9.87. The lowest BCUT2D eigenvalue weighted by molar-refractivity contribution is -0.111. The second kappa shape index (κ2) is 8.53. The summed E-state index contributed by atoms with van der Waals surface area (Å²) in [7, 11) is 0. The van der Waals surface area contributed by atoms with Crippen LogP contribution in [-0.2, 0) is 14.9 Å². The number of aryl methyl sites for hydroxylation is 1. The number of anilines is 1. The summed E-state index contributed by atoms with van der Waals surface area (Å²) in [6.07, 6.45) is 3.24. The van der Waals surface area contributed by atoms with E-state index in [-0.39, 0.29) is 11.3 Å². The molecule has 27 heavy (non-hydrogen) atoms. The average Bonchev–Trinajstić information content (AvgIpc) is 2.86. The van der Waals surface area contributed by atoms with Gasteiger partial charge in [-0.3, -0.25) is 4.79 Å². The highest BCUT2D eigenvalue weighted by atomic mass is 32.1. The molecule has 144 valence electrons. The molecule has 1 aromatic carbocycles. The molecular weight excluding hydrogens is 358 g/mol. The van der Waals surface area contributed by atoms with Crippen molar-refractivity contribution in [1.82, 2.24) is 0 Å². The van der Waals surface area contributed by atoms with E-state index in [0.29, 0.717) is 17.2 Å². The normalized spacial score (nSPS) is 11.6. The van der Waals surface area contributed by atoms with Crippen molar-refractivity contribution < 1.29 is 14.3 Å². The first-order valence-corrected chi connectivity index (χ1v) is 9.81. The maximum absolute atomic E-state index is 12.3. The third-order valence-corrected chi connectivity index (χ3v) is 5.43. The number of carbonyl (C=O) groups is 2. The molecule has 0 unspecified atom stereocenters. The first-order chi connectivity index (χ1) is 12.6. The van der Waals surface area contributed by atoms with E-state index in [2.05, 4.69) is 38.2 Å². The molecule has 1 N–H and O–H groups in total. The summed E-state index contributed by atoms with van der Waals surface area (Å²) in [6, 6.07) is 8.13. The van der Waals surface area contributed by atoms with Crippen LogP contribution < -0.4 is 5.32 Å². The van der Waals surface area contributed by atoms with Crippen LogP contribution in [0.2, 0.25) is 0 Å². The summed E-state index contributed by atoms with van der Waals surface area (Å²) in [5.74, 6) is -0.682. The molecule has 1 aromatic heterocycles. The van der Waals surface area contributed by atoms with Crippen LogP contribution >= 0.6 is 11.3 Å². The number of thiophene rings is 1. The van der Waals surface area contributed by atoms with Gasteiger partial charge in [-0.05, 0) is 49.0 Å². The first kappa shape index (κ1) is 20.9. The Morgan fingerprint density at radius 2 is 1.78 bits per heavy atom. The van der Waals surface area contributed by atoms with E-state index in [1.165, 1.54) is 23.0 Å². The van der Waals surface area contributed by atoms with E-state index in [9.17, 15) is 9.59 Å². The van der Waals surface area contributed by atoms with Crippen molar-refractivity contribution in [3.05, 3.63) is 57.5 Å². The Morgan fingerprint density at radius 3 is 2.33 bits per heavy atom. The Morgan fingerprint density at radius 1 is 1.15 bits per heavy atom. The number of benzene rings is 1. The third-order valence-electron chi connectivity index (χ3n) is 4.31. The van der Waals surface area contributed by atoms with Crippen molar-refractivity contribution in [2.45, 2.75) is 47.0 Å². The van der Waals surface area contributed by atoms with Crippen LogP contribution in [0.5, 0.6) is 0 Å². The van der Waals surface area contributed by atoms with Crippen molar-refractivity contribution in [3.63, 3.8) is 0 Å². The van der Waals surface area contributed by atoms with E-state index < -0.39 is 5.97 Å². The average molecular weight is 386 g/mol. The molecular formula is C22H27NO3S. The highest BCUT2D eigenvalue weighted by Gasteiger charge is 2.21. The molecule has 2 aromatic rings. The minimum absolute atomic E-state index is 0.0952. The number of ether oxygens (including phenoxy) is 1. The maximum Gasteiger partial charge on any atom is 0.341 e. The van der Waals surface area contributed by atoms with Gasteiger partial charge in [0.2, 0.25) is 5.91 Å². The molecule has 0 saturated carbocycles. The molecule has 0 atom stereocenters. The van der Waals surface area contributed by atoms with Crippen molar-refractivity contribution in [2.24, 2.45) is 0 Å². The second-order valence-electron chi connectivity index (χ2n) is 7.40. The lowest BCUT2D eigenvalue weighted by Gasteiger charge is -2.18. The molecule has 5 heteroatoms. The van der Waals surface area contributed by atoms with E-state index in [0.717, 1.165) is 16.0 Å². The summed E-state index contributed by atoms with van der Waals surface area (Å²) in [5, 5.41) is 3.34. The van der Waals surface area contributed by atoms with E-state index in [4.69, 9.17) is 4.74 Å². The number of hydrogen-bond acceptors (Lipinski definition) is 4. The number of nitrogens with one attached hydrogen (secondary N) is 1. The quantitative estimate of drug-likeness (QED) is 0.547. The Hall–Kier alpha value is -2.40. The summed E-state index contributed by atoms with van der Waals surface area (Å²) in [6.45, 7) is 12.3. The topological polar surface area (TPSA) is 55.4 Å². The van der Waals surface area contributed by atoms with Gasteiger partial charge in [-0.15, -0.1) is 11.3 Å². The first-order valence-electron chi connectivity index (χ1n) is 9.00. The predicted molar refractivity (Wildman–Crippen MR) is 113 cm³/mol. The monoisotopic (exact) mass is 385 g/mol. The zero-order chi connectivity index (χ0) is 20.2. The zero-order valence-electron chi connectivity index (χ0n) is 16.8. The van der Waals surface area contributed by atoms with Gasteiger partial charge in [0.1, 0.15) is 5.00 Å². The molecule has 0 saturated heterocycles. The summed E-state index contributed by atoms with van der Waals surface area (Å²) < 4.78 is 5.11. The fraction of sp³-hybridized carbons (Fsp3) is 0.364. The number of amides is 1. The largest absolute Gasteiger partial charge is 0.462 e. The summed E-state index contributed by atoms with van der Waals surface area (Å²) in [5.41, 5.74) is 3.57.